The van der Waals surface area contributed by atoms with E-state index in [4.69, 9.17) is 14.2 Å². The first kappa shape index (κ1) is 20.9. The van der Waals surface area contributed by atoms with Crippen LogP contribution in [0.15, 0.2) is 24.3 Å². The SMILES string of the molecule is CC/C=C(\NCCCC(=O)OC(C)(C)C)c1ccc(OC)cc1OC. The average Bonchev–Trinajstić information content (AvgIpc) is 2.55. The number of hydrogen-bond acceptors (Lipinski definition) is 5. The summed E-state index contributed by atoms with van der Waals surface area (Å²) in [7, 11) is 3.27. The van der Waals surface area contributed by atoms with E-state index in [1.807, 2.05) is 39.0 Å². The lowest BCUT2D eigenvalue weighted by Gasteiger charge is -2.19. The van der Waals surface area contributed by atoms with Gasteiger partial charge in [-0.3, -0.25) is 4.79 Å². The van der Waals surface area contributed by atoms with Crippen LogP contribution in [0.2, 0.25) is 0 Å². The minimum atomic E-state index is -0.436. The van der Waals surface area contributed by atoms with Crippen molar-refractivity contribution in [2.75, 3.05) is 20.8 Å². The molecule has 0 fully saturated rings. The van der Waals surface area contributed by atoms with Gasteiger partial charge in [-0.25, -0.2) is 0 Å². The Hall–Kier alpha value is -2.17. The van der Waals surface area contributed by atoms with Crippen molar-refractivity contribution >= 4 is 11.7 Å². The van der Waals surface area contributed by atoms with Crippen LogP contribution in [0.25, 0.3) is 5.70 Å². The molecule has 1 N–H and O–H groups in total. The third kappa shape index (κ3) is 7.50. The Kier molecular flexibility index (Phi) is 8.32. The van der Waals surface area contributed by atoms with Crippen LogP contribution < -0.4 is 14.8 Å². The van der Waals surface area contributed by atoms with Gasteiger partial charge in [0.15, 0.2) is 0 Å². The highest BCUT2D eigenvalue weighted by Crippen LogP contribution is 2.29. The molecule has 1 rings (SSSR count). The van der Waals surface area contributed by atoms with E-state index in [0.29, 0.717) is 19.4 Å². The Morgan fingerprint density at radius 1 is 1.20 bits per heavy atom. The maximum atomic E-state index is 11.8. The molecule has 0 aliphatic rings. The van der Waals surface area contributed by atoms with E-state index < -0.39 is 5.60 Å². The molecule has 5 heteroatoms. The minimum absolute atomic E-state index is 0.169. The number of benzene rings is 1. The van der Waals surface area contributed by atoms with E-state index in [1.54, 1.807) is 14.2 Å². The van der Waals surface area contributed by atoms with Gasteiger partial charge in [-0.15, -0.1) is 0 Å². The maximum Gasteiger partial charge on any atom is 0.306 e. The van der Waals surface area contributed by atoms with Gasteiger partial charge in [0, 0.05) is 30.3 Å². The number of hydrogen-bond donors (Lipinski definition) is 1. The first-order chi connectivity index (χ1) is 11.8. The molecule has 0 unspecified atom stereocenters. The number of allylic oxidation sites excluding steroid dienone is 1. The molecule has 1 aromatic carbocycles. The van der Waals surface area contributed by atoms with Crippen LogP contribution in [-0.2, 0) is 9.53 Å². The smallest absolute Gasteiger partial charge is 0.306 e. The summed E-state index contributed by atoms with van der Waals surface area (Å²) in [5, 5.41) is 3.40. The molecule has 140 valence electrons. The Balaban J connectivity index is 2.67. The van der Waals surface area contributed by atoms with Crippen LogP contribution in [0.5, 0.6) is 11.5 Å². The summed E-state index contributed by atoms with van der Waals surface area (Å²) in [5.74, 6) is 1.33. The van der Waals surface area contributed by atoms with Gasteiger partial charge >= 0.3 is 5.97 Å². The third-order valence-electron chi connectivity index (χ3n) is 3.40. The predicted molar refractivity (Wildman–Crippen MR) is 101 cm³/mol. The highest BCUT2D eigenvalue weighted by molar-refractivity contribution is 5.71. The molecule has 0 atom stereocenters. The molecule has 0 amide bonds. The van der Waals surface area contributed by atoms with Gasteiger partial charge in [-0.2, -0.15) is 0 Å². The highest BCUT2D eigenvalue weighted by atomic mass is 16.6. The summed E-state index contributed by atoms with van der Waals surface area (Å²) < 4.78 is 16.0. The molecule has 0 saturated heterocycles. The molecular weight excluding hydrogens is 318 g/mol. The normalized spacial score (nSPS) is 11.8. The minimum Gasteiger partial charge on any atom is -0.497 e. The lowest BCUT2D eigenvalue weighted by molar-refractivity contribution is -0.154. The van der Waals surface area contributed by atoms with Gasteiger partial charge in [0.2, 0.25) is 0 Å². The largest absolute Gasteiger partial charge is 0.497 e. The van der Waals surface area contributed by atoms with E-state index in [2.05, 4.69) is 18.3 Å². The molecule has 0 saturated carbocycles. The summed E-state index contributed by atoms with van der Waals surface area (Å²) in [6.07, 6.45) is 4.10. The van der Waals surface area contributed by atoms with Crippen molar-refractivity contribution in [3.63, 3.8) is 0 Å². The highest BCUT2D eigenvalue weighted by Gasteiger charge is 2.16. The molecule has 5 nitrogen and oxygen atoms in total. The van der Waals surface area contributed by atoms with Crippen molar-refractivity contribution in [1.82, 2.24) is 5.32 Å². The van der Waals surface area contributed by atoms with Crippen molar-refractivity contribution in [2.24, 2.45) is 0 Å². The number of esters is 1. The number of methoxy groups -OCH3 is 2. The fraction of sp³-hybridized carbons (Fsp3) is 0.550. The fourth-order valence-electron chi connectivity index (χ4n) is 2.35. The summed E-state index contributed by atoms with van der Waals surface area (Å²) in [6.45, 7) is 8.39. The first-order valence-electron chi connectivity index (χ1n) is 8.69. The lowest BCUT2D eigenvalue weighted by Crippen LogP contribution is -2.24. The third-order valence-corrected chi connectivity index (χ3v) is 3.40. The van der Waals surface area contributed by atoms with Crippen molar-refractivity contribution in [3.8, 4) is 11.5 Å². The van der Waals surface area contributed by atoms with E-state index in [1.165, 1.54) is 0 Å². The molecule has 0 aromatic heterocycles. The van der Waals surface area contributed by atoms with Gasteiger partial charge in [0.25, 0.3) is 0 Å². The Bertz CT molecular complexity index is 588. The van der Waals surface area contributed by atoms with Crippen LogP contribution in [-0.4, -0.2) is 32.3 Å². The second kappa shape index (κ2) is 9.97. The Labute approximate surface area is 151 Å². The summed E-state index contributed by atoms with van der Waals surface area (Å²) in [6, 6.07) is 5.74. The van der Waals surface area contributed by atoms with Gasteiger partial charge in [-0.05, 0) is 45.7 Å². The summed E-state index contributed by atoms with van der Waals surface area (Å²) in [4.78, 5) is 11.8. The second-order valence-electron chi connectivity index (χ2n) is 6.71. The van der Waals surface area contributed by atoms with Gasteiger partial charge in [0.1, 0.15) is 17.1 Å². The number of rotatable bonds is 9. The molecule has 0 bridgehead atoms. The second-order valence-corrected chi connectivity index (χ2v) is 6.71. The predicted octanol–water partition coefficient (Wildman–Crippen LogP) is 4.17. The molecule has 0 aliphatic heterocycles. The Morgan fingerprint density at radius 2 is 1.92 bits per heavy atom. The van der Waals surface area contributed by atoms with Crippen LogP contribution in [0.3, 0.4) is 0 Å². The molecule has 25 heavy (non-hydrogen) atoms. The quantitative estimate of drug-likeness (QED) is 0.536. The number of carbonyl (C=O) groups is 1. The molecule has 0 heterocycles. The molecular formula is C20H31NO4. The van der Waals surface area contributed by atoms with E-state index in [-0.39, 0.29) is 5.97 Å². The standard InChI is InChI=1S/C20H31NO4/c1-7-9-17(16-12-11-15(23-5)14-18(16)24-6)21-13-8-10-19(22)25-20(2,3)4/h9,11-12,14,21H,7-8,10,13H2,1-6H3/b17-9-. The van der Waals surface area contributed by atoms with Crippen LogP contribution in [0.4, 0.5) is 0 Å². The van der Waals surface area contributed by atoms with Crippen molar-refractivity contribution in [2.45, 2.75) is 52.6 Å². The summed E-state index contributed by atoms with van der Waals surface area (Å²) in [5.41, 5.74) is 1.53. The molecule has 0 spiro atoms. The fourth-order valence-corrected chi connectivity index (χ4v) is 2.35. The zero-order valence-corrected chi connectivity index (χ0v) is 16.3. The molecule has 0 radical (unpaired) electrons. The van der Waals surface area contributed by atoms with Crippen LogP contribution in [0.1, 0.15) is 52.5 Å². The van der Waals surface area contributed by atoms with E-state index in [9.17, 15) is 4.79 Å². The summed E-state index contributed by atoms with van der Waals surface area (Å²) >= 11 is 0. The topological polar surface area (TPSA) is 56.8 Å². The Morgan fingerprint density at radius 3 is 2.48 bits per heavy atom. The monoisotopic (exact) mass is 349 g/mol. The van der Waals surface area contributed by atoms with Crippen LogP contribution in [0, 0.1) is 0 Å². The van der Waals surface area contributed by atoms with Crippen molar-refractivity contribution in [3.05, 3.63) is 29.8 Å². The van der Waals surface area contributed by atoms with Crippen molar-refractivity contribution < 1.29 is 19.0 Å². The zero-order chi connectivity index (χ0) is 18.9. The van der Waals surface area contributed by atoms with Crippen molar-refractivity contribution in [1.29, 1.82) is 0 Å². The first-order valence-corrected chi connectivity index (χ1v) is 8.69. The van der Waals surface area contributed by atoms with Gasteiger partial charge < -0.3 is 19.5 Å². The number of ether oxygens (including phenoxy) is 3. The van der Waals surface area contributed by atoms with Gasteiger partial charge in [0.05, 0.1) is 14.2 Å². The van der Waals surface area contributed by atoms with E-state index >= 15 is 0 Å². The molecule has 0 aliphatic carbocycles. The maximum absolute atomic E-state index is 11.8. The number of carbonyl (C=O) groups excluding carboxylic acids is 1. The lowest BCUT2D eigenvalue weighted by atomic mass is 10.1. The zero-order valence-electron chi connectivity index (χ0n) is 16.3. The molecule has 1 aromatic rings. The number of nitrogens with one attached hydrogen (secondary N) is 1. The van der Waals surface area contributed by atoms with E-state index in [0.717, 1.165) is 29.2 Å². The van der Waals surface area contributed by atoms with Gasteiger partial charge in [-0.1, -0.05) is 13.0 Å². The average molecular weight is 349 g/mol. The van der Waals surface area contributed by atoms with Crippen LogP contribution >= 0.6 is 0 Å².